The predicted octanol–water partition coefficient (Wildman–Crippen LogP) is 0.829. The van der Waals surface area contributed by atoms with Crippen LogP contribution < -0.4 is 10.0 Å². The monoisotopic (exact) mass is 291 g/mol. The molecule has 1 heterocycles. The van der Waals surface area contributed by atoms with Crippen molar-refractivity contribution in [3.05, 3.63) is 11.1 Å². The van der Waals surface area contributed by atoms with Gasteiger partial charge in [-0.2, -0.15) is 0 Å². The van der Waals surface area contributed by atoms with E-state index in [4.69, 9.17) is 0 Å². The molecule has 0 atom stereocenters. The molecule has 8 heteroatoms. The second kappa shape index (κ2) is 6.14. The van der Waals surface area contributed by atoms with E-state index < -0.39 is 10.0 Å². The summed E-state index contributed by atoms with van der Waals surface area (Å²) in [4.78, 5) is 15.6. The van der Waals surface area contributed by atoms with Crippen molar-refractivity contribution in [1.29, 1.82) is 0 Å². The fraction of sp³-hybridized carbons (Fsp3) is 0.600. The summed E-state index contributed by atoms with van der Waals surface area (Å²) >= 11 is 1.16. The van der Waals surface area contributed by atoms with Crippen LogP contribution >= 0.6 is 11.3 Å². The van der Waals surface area contributed by atoms with Crippen LogP contribution in [0.3, 0.4) is 0 Å². The molecule has 0 spiro atoms. The molecule has 18 heavy (non-hydrogen) atoms. The number of hydrogen-bond acceptors (Lipinski definition) is 5. The van der Waals surface area contributed by atoms with Gasteiger partial charge in [-0.15, -0.1) is 11.3 Å². The van der Waals surface area contributed by atoms with Gasteiger partial charge in [-0.05, 0) is 5.92 Å². The largest absolute Gasteiger partial charge is 0.356 e. The molecule has 0 saturated carbocycles. The van der Waals surface area contributed by atoms with Crippen LogP contribution in [0.4, 0.5) is 5.13 Å². The highest BCUT2D eigenvalue weighted by Crippen LogP contribution is 2.16. The van der Waals surface area contributed by atoms with Crippen molar-refractivity contribution in [2.45, 2.75) is 20.3 Å². The quantitative estimate of drug-likeness (QED) is 0.812. The van der Waals surface area contributed by atoms with Gasteiger partial charge in [0.1, 0.15) is 0 Å². The molecule has 2 N–H and O–H groups in total. The van der Waals surface area contributed by atoms with Crippen molar-refractivity contribution in [3.8, 4) is 0 Å². The van der Waals surface area contributed by atoms with Crippen LogP contribution in [0.2, 0.25) is 0 Å². The van der Waals surface area contributed by atoms with Crippen LogP contribution in [0.5, 0.6) is 0 Å². The van der Waals surface area contributed by atoms with Crippen molar-refractivity contribution in [2.75, 3.05) is 17.5 Å². The first-order valence-electron chi connectivity index (χ1n) is 5.45. The Kier molecular flexibility index (Phi) is 5.09. The lowest BCUT2D eigenvalue weighted by Gasteiger charge is -2.06. The summed E-state index contributed by atoms with van der Waals surface area (Å²) in [7, 11) is -3.32. The molecule has 0 aromatic carbocycles. The molecule has 6 nitrogen and oxygen atoms in total. The number of thiazole rings is 1. The lowest BCUT2D eigenvalue weighted by atomic mass is 10.2. The summed E-state index contributed by atoms with van der Waals surface area (Å²) in [5.41, 5.74) is 0.562. The van der Waals surface area contributed by atoms with Gasteiger partial charge in [0.15, 0.2) is 5.13 Å². The van der Waals surface area contributed by atoms with Crippen LogP contribution in [0.25, 0.3) is 0 Å². The topological polar surface area (TPSA) is 88.2 Å². The van der Waals surface area contributed by atoms with Crippen LogP contribution in [0, 0.1) is 5.92 Å². The SMILES string of the molecule is CC(C)CNC(=O)Cc1csc(NS(C)(=O)=O)n1. The van der Waals surface area contributed by atoms with Crippen LogP contribution in [-0.2, 0) is 21.2 Å². The summed E-state index contributed by atoms with van der Waals surface area (Å²) in [6.45, 7) is 4.64. The van der Waals surface area contributed by atoms with Gasteiger partial charge in [0.2, 0.25) is 15.9 Å². The Labute approximate surface area is 111 Å². The molecule has 0 aliphatic carbocycles. The van der Waals surface area contributed by atoms with Crippen molar-refractivity contribution >= 4 is 32.4 Å². The predicted molar refractivity (Wildman–Crippen MR) is 72.1 cm³/mol. The van der Waals surface area contributed by atoms with Crippen molar-refractivity contribution in [3.63, 3.8) is 0 Å². The molecule has 1 aromatic rings. The summed E-state index contributed by atoms with van der Waals surface area (Å²) in [6.07, 6.45) is 1.22. The molecule has 0 aliphatic rings. The Morgan fingerprint density at radius 3 is 2.72 bits per heavy atom. The van der Waals surface area contributed by atoms with E-state index in [1.807, 2.05) is 13.8 Å². The first-order valence-corrected chi connectivity index (χ1v) is 8.22. The van der Waals surface area contributed by atoms with Gasteiger partial charge in [0.05, 0.1) is 18.4 Å². The highest BCUT2D eigenvalue weighted by molar-refractivity contribution is 7.92. The number of rotatable bonds is 6. The number of carbonyl (C=O) groups is 1. The molecular formula is C10H17N3O3S2. The van der Waals surface area contributed by atoms with Gasteiger partial charge in [-0.1, -0.05) is 13.8 Å². The van der Waals surface area contributed by atoms with Crippen LogP contribution in [0.15, 0.2) is 5.38 Å². The molecule has 0 bridgehead atoms. The van der Waals surface area contributed by atoms with E-state index in [9.17, 15) is 13.2 Å². The molecule has 0 unspecified atom stereocenters. The van der Waals surface area contributed by atoms with Crippen molar-refractivity contribution < 1.29 is 13.2 Å². The number of hydrogen-bond donors (Lipinski definition) is 2. The van der Waals surface area contributed by atoms with E-state index in [1.54, 1.807) is 5.38 Å². The van der Waals surface area contributed by atoms with Crippen molar-refractivity contribution in [2.24, 2.45) is 5.92 Å². The minimum Gasteiger partial charge on any atom is -0.356 e. The zero-order valence-corrected chi connectivity index (χ0v) is 12.2. The molecule has 1 amide bonds. The Balaban J connectivity index is 2.51. The Morgan fingerprint density at radius 1 is 1.50 bits per heavy atom. The van der Waals surface area contributed by atoms with E-state index in [2.05, 4.69) is 15.0 Å². The standard InChI is InChI=1S/C10H17N3O3S2/c1-7(2)5-11-9(14)4-8-6-17-10(12-8)13-18(3,15)16/h6-7H,4-5H2,1-3H3,(H,11,14)(H,12,13). The first-order chi connectivity index (χ1) is 8.26. The molecule has 0 saturated heterocycles. The molecular weight excluding hydrogens is 274 g/mol. The summed E-state index contributed by atoms with van der Waals surface area (Å²) in [6, 6.07) is 0. The highest BCUT2D eigenvalue weighted by Gasteiger charge is 2.10. The maximum atomic E-state index is 11.5. The second-order valence-electron chi connectivity index (χ2n) is 4.39. The van der Waals surface area contributed by atoms with Gasteiger partial charge in [-0.3, -0.25) is 9.52 Å². The molecule has 102 valence electrons. The number of nitrogens with zero attached hydrogens (tertiary/aromatic N) is 1. The average Bonchev–Trinajstić information content (AvgIpc) is 2.59. The Morgan fingerprint density at radius 2 is 2.17 bits per heavy atom. The Hall–Kier alpha value is -1.15. The van der Waals surface area contributed by atoms with Gasteiger partial charge in [0, 0.05) is 11.9 Å². The van der Waals surface area contributed by atoms with E-state index in [0.29, 0.717) is 18.2 Å². The third-order valence-electron chi connectivity index (χ3n) is 1.87. The van der Waals surface area contributed by atoms with E-state index in [-0.39, 0.29) is 17.5 Å². The number of aromatic nitrogens is 1. The third kappa shape index (κ3) is 5.97. The number of carbonyl (C=O) groups excluding carboxylic acids is 1. The normalized spacial score (nSPS) is 11.6. The maximum Gasteiger partial charge on any atom is 0.231 e. The first kappa shape index (κ1) is 14.9. The number of amides is 1. The van der Waals surface area contributed by atoms with Crippen molar-refractivity contribution in [1.82, 2.24) is 10.3 Å². The maximum absolute atomic E-state index is 11.5. The molecule has 1 rings (SSSR count). The summed E-state index contributed by atoms with van der Waals surface area (Å²) < 4.78 is 24.2. The van der Waals surface area contributed by atoms with Gasteiger partial charge < -0.3 is 5.32 Å². The fourth-order valence-electron chi connectivity index (χ4n) is 1.14. The Bertz CT molecular complexity index is 508. The average molecular weight is 291 g/mol. The zero-order valence-electron chi connectivity index (χ0n) is 10.6. The van der Waals surface area contributed by atoms with Crippen LogP contribution in [0.1, 0.15) is 19.5 Å². The second-order valence-corrected chi connectivity index (χ2v) is 7.00. The summed E-state index contributed by atoms with van der Waals surface area (Å²) in [5.74, 6) is 0.284. The lowest BCUT2D eigenvalue weighted by molar-refractivity contribution is -0.120. The smallest absolute Gasteiger partial charge is 0.231 e. The van der Waals surface area contributed by atoms with E-state index in [0.717, 1.165) is 17.6 Å². The third-order valence-corrected chi connectivity index (χ3v) is 3.37. The number of nitrogens with one attached hydrogen (secondary N) is 2. The number of sulfonamides is 1. The lowest BCUT2D eigenvalue weighted by Crippen LogP contribution is -2.28. The minimum atomic E-state index is -3.32. The number of anilines is 1. The minimum absolute atomic E-state index is 0.111. The molecule has 0 radical (unpaired) electrons. The van der Waals surface area contributed by atoms with E-state index >= 15 is 0 Å². The van der Waals surface area contributed by atoms with Crippen LogP contribution in [-0.4, -0.2) is 32.1 Å². The highest BCUT2D eigenvalue weighted by atomic mass is 32.2. The summed E-state index contributed by atoms with van der Waals surface area (Å²) in [5, 5.41) is 4.73. The van der Waals surface area contributed by atoms with Gasteiger partial charge >= 0.3 is 0 Å². The molecule has 0 aliphatic heterocycles. The molecule has 0 fully saturated rings. The van der Waals surface area contributed by atoms with E-state index in [1.165, 1.54) is 0 Å². The van der Waals surface area contributed by atoms with Gasteiger partial charge in [0.25, 0.3) is 0 Å². The fourth-order valence-corrected chi connectivity index (χ4v) is 2.70. The van der Waals surface area contributed by atoms with Gasteiger partial charge in [-0.25, -0.2) is 13.4 Å². The molecule has 1 aromatic heterocycles. The zero-order chi connectivity index (χ0) is 13.8.